The first kappa shape index (κ1) is 93.8. The average molecular weight is 1810 g/mol. The van der Waals surface area contributed by atoms with Crippen molar-refractivity contribution in [3.63, 3.8) is 0 Å². The number of carbonyl (C=O) groups excluding carboxylic acids is 4. The fraction of sp³-hybridized carbons (Fsp3) is 0.461. The molecule has 23 heteroatoms. The molecule has 9 aromatic rings. The van der Waals surface area contributed by atoms with Crippen LogP contribution in [0.4, 0.5) is 0 Å². The van der Waals surface area contributed by atoms with Gasteiger partial charge in [-0.2, -0.15) is 15.3 Å². The van der Waals surface area contributed by atoms with E-state index in [9.17, 15) is 19.2 Å². The zero-order valence-corrected chi connectivity index (χ0v) is 80.2. The smallest absolute Gasteiger partial charge is 0.293 e. The van der Waals surface area contributed by atoms with Crippen molar-refractivity contribution in [3.05, 3.63) is 221 Å². The second-order valence-electron chi connectivity index (χ2n) is 35.7. The molecule has 3 saturated carbocycles. The SMILES string of the molecule is Cc1cc(OCCCC2=C(C(=O)NC3CCC(C)CC3)Cc3c2ccc(Cl)c3-c2c(C)nn(C)c2C)cc(C)c1Cl.Cc1cc(OCCCC2=C(C(=O)N[C@H]3CCCC[C@H]3OC=O)Cc3c2ccc(Cl)c3-c2c(C)nn(C)c2C)cc(C)c1Cl.Cc1cc(OCCCC2=C(C(=O)N[C@H]3CCC[C@@H](C)C3)Cc3c2ccc(Cl)c3-c2c(C)nn(C)c2C)cc(C)c1Cl. The highest BCUT2D eigenvalue weighted by molar-refractivity contribution is 6.35. The van der Waals surface area contributed by atoms with Gasteiger partial charge in [-0.1, -0.05) is 121 Å². The van der Waals surface area contributed by atoms with E-state index in [1.807, 2.05) is 165 Å². The molecule has 3 aromatic heterocycles. The molecule has 0 aliphatic heterocycles. The maximum Gasteiger partial charge on any atom is 0.293 e. The Morgan fingerprint density at radius 2 is 0.744 bits per heavy atom. The Labute approximate surface area is 768 Å². The maximum absolute atomic E-state index is 14.0. The van der Waals surface area contributed by atoms with Gasteiger partial charge in [-0.25, -0.2) is 0 Å². The summed E-state index contributed by atoms with van der Waals surface area (Å²) in [6.07, 6.45) is 18.1. The first-order chi connectivity index (χ1) is 59.7. The molecule has 0 saturated heterocycles. The Bertz CT molecular complexity index is 5650. The van der Waals surface area contributed by atoms with Crippen molar-refractivity contribution < 1.29 is 38.1 Å². The summed E-state index contributed by atoms with van der Waals surface area (Å²) in [5.74, 6) is 3.80. The highest BCUT2D eigenvalue weighted by atomic mass is 35.5. The lowest BCUT2D eigenvalue weighted by Crippen LogP contribution is -2.46. The van der Waals surface area contributed by atoms with Gasteiger partial charge in [0.2, 0.25) is 17.7 Å². The van der Waals surface area contributed by atoms with E-state index in [4.69, 9.17) is 88.6 Å². The van der Waals surface area contributed by atoms with E-state index < -0.39 is 0 Å². The molecule has 3 N–H and O–H groups in total. The van der Waals surface area contributed by atoms with Crippen LogP contribution in [0.15, 0.2) is 89.5 Å². The molecule has 3 fully saturated rings. The van der Waals surface area contributed by atoms with E-state index in [-0.39, 0.29) is 42.0 Å². The van der Waals surface area contributed by atoms with Gasteiger partial charge >= 0.3 is 0 Å². The molecule has 0 bridgehead atoms. The van der Waals surface area contributed by atoms with Crippen LogP contribution < -0.4 is 30.2 Å². The number of hydrogen-bond donors (Lipinski definition) is 3. The van der Waals surface area contributed by atoms with Gasteiger partial charge in [-0.05, 0) is 329 Å². The van der Waals surface area contributed by atoms with Gasteiger partial charge < -0.3 is 34.9 Å². The Hall–Kier alpha value is -8.81. The zero-order chi connectivity index (χ0) is 89.7. The summed E-state index contributed by atoms with van der Waals surface area (Å²) >= 11 is 39.7. The van der Waals surface area contributed by atoms with Gasteiger partial charge in [-0.15, -0.1) is 0 Å². The monoisotopic (exact) mass is 1810 g/mol. The molecule has 17 nitrogen and oxygen atoms in total. The van der Waals surface area contributed by atoms with Crippen LogP contribution in [0, 0.1) is 94.9 Å². The number of amides is 3. The number of nitrogens with zero attached hydrogens (tertiary/aromatic N) is 6. The molecule has 0 unspecified atom stereocenters. The molecular formula is C102H121Cl6N9O8. The molecule has 0 spiro atoms. The Balaban J connectivity index is 0.000000161. The summed E-state index contributed by atoms with van der Waals surface area (Å²) < 4.78 is 29.4. The Morgan fingerprint density at radius 1 is 0.408 bits per heavy atom. The number of aryl methyl sites for hydroxylation is 12. The normalized spacial score (nSPS) is 18.4. The quantitative estimate of drug-likeness (QED) is 0.0345. The number of halogens is 6. The second kappa shape index (κ2) is 41.1. The molecule has 3 heterocycles. The molecule has 0 radical (unpaired) electrons. The molecule has 4 atom stereocenters. The Morgan fingerprint density at radius 3 is 1.07 bits per heavy atom. The van der Waals surface area contributed by atoms with Crippen molar-refractivity contribution in [1.82, 2.24) is 45.3 Å². The maximum atomic E-state index is 14.0. The third-order valence-electron chi connectivity index (χ3n) is 26.6. The lowest BCUT2D eigenvalue weighted by molar-refractivity contribution is -0.137. The topological polar surface area (TPSA) is 195 Å². The largest absolute Gasteiger partial charge is 0.494 e. The highest BCUT2D eigenvalue weighted by Crippen LogP contribution is 2.50. The van der Waals surface area contributed by atoms with Gasteiger partial charge in [0.1, 0.15) is 23.4 Å². The number of benzene rings is 6. The van der Waals surface area contributed by atoms with Crippen molar-refractivity contribution in [3.8, 4) is 50.6 Å². The van der Waals surface area contributed by atoms with Crippen molar-refractivity contribution >= 4 is 111 Å². The van der Waals surface area contributed by atoms with Crippen LogP contribution in [0.3, 0.4) is 0 Å². The lowest BCUT2D eigenvalue weighted by Gasteiger charge is -2.30. The molecule has 6 aliphatic carbocycles. The van der Waals surface area contributed by atoms with Crippen LogP contribution in [-0.2, 0) is 64.3 Å². The fourth-order valence-electron chi connectivity index (χ4n) is 19.9. The number of rotatable bonds is 26. The van der Waals surface area contributed by atoms with E-state index in [1.54, 1.807) is 0 Å². The molecule has 664 valence electrons. The van der Waals surface area contributed by atoms with Crippen molar-refractivity contribution in [2.24, 2.45) is 33.0 Å². The average Bonchev–Trinajstić information content (AvgIpc) is 1.61. The molecule has 3 amide bonds. The summed E-state index contributed by atoms with van der Waals surface area (Å²) in [7, 11) is 5.84. The standard InChI is InChI=1S/C34H39Cl2N3O4.2C34H41Cl2N3O2/c1-19-15-23(16-20(2)33(19)36)42-14-8-9-24-25-12-13-28(35)32(31-21(3)38-39(5)22(31)4)26(25)17-27(24)34(41)37-29-10-6-7-11-30(29)43-18-40;1-19-9-7-10-24(15-19)37-34(40)29-18-28-27(12-13-30(35)32(28)31-22(4)38-39(6)23(31)5)26(29)11-8-14-41-25-16-20(2)33(36)21(3)17-25;1-19-9-11-24(12-10-19)37-34(40)29-18-28-27(13-14-30(35)32(28)31-22(4)38-39(6)23(31)5)26(29)8-7-15-41-25-16-20(2)33(36)21(3)17-25/h12-13,15-16,18,29-30H,6-11,14,17H2,1-5H3,(H,37,41);12-13,16-17,19,24H,7-11,14-15,18H2,1-6H3,(H,37,40);13-14,16-17,19,24H,7-12,15,18H2,1-6H3,(H,37,40)/t29-,30+;19-,24+;/m01./s1. The minimum absolute atomic E-state index is 0.0573. The number of carbonyl (C=O) groups is 4. The van der Waals surface area contributed by atoms with Gasteiger partial charge in [0.25, 0.3) is 6.47 Å². The lowest BCUT2D eigenvalue weighted by atomic mass is 9.87. The van der Waals surface area contributed by atoms with Crippen LogP contribution in [-0.4, -0.2) is 97.6 Å². The van der Waals surface area contributed by atoms with E-state index >= 15 is 0 Å². The first-order valence-corrected chi connectivity index (χ1v) is 46.8. The Kier molecular flexibility index (Phi) is 30.8. The van der Waals surface area contributed by atoms with Crippen LogP contribution in [0.5, 0.6) is 17.2 Å². The van der Waals surface area contributed by atoms with Crippen molar-refractivity contribution in [1.29, 1.82) is 0 Å². The molecular weight excluding hydrogens is 1690 g/mol. The van der Waals surface area contributed by atoms with Crippen LogP contribution >= 0.6 is 69.6 Å². The van der Waals surface area contributed by atoms with Crippen LogP contribution in [0.25, 0.3) is 50.1 Å². The molecule has 6 aliphatic rings. The predicted molar refractivity (Wildman–Crippen MR) is 509 cm³/mol. The number of aromatic nitrogens is 6. The summed E-state index contributed by atoms with van der Waals surface area (Å²) in [5.41, 5.74) is 30.2. The fourth-order valence-corrected chi connectivity index (χ4v) is 21.0. The van der Waals surface area contributed by atoms with Gasteiger partial charge in [-0.3, -0.25) is 33.2 Å². The van der Waals surface area contributed by atoms with Crippen LogP contribution in [0.1, 0.15) is 230 Å². The third-order valence-corrected chi connectivity index (χ3v) is 29.4. The van der Waals surface area contributed by atoms with E-state index in [0.29, 0.717) is 73.0 Å². The van der Waals surface area contributed by atoms with Gasteiger partial charge in [0.15, 0.2) is 0 Å². The van der Waals surface area contributed by atoms with Gasteiger partial charge in [0.05, 0.1) is 42.9 Å². The van der Waals surface area contributed by atoms with Crippen molar-refractivity contribution in [2.45, 2.75) is 256 Å². The summed E-state index contributed by atoms with van der Waals surface area (Å²) in [6.45, 7) is 30.8. The highest BCUT2D eigenvalue weighted by Gasteiger charge is 2.38. The summed E-state index contributed by atoms with van der Waals surface area (Å²) in [6, 6.07) is 24.2. The number of ether oxygens (including phenoxy) is 4. The second-order valence-corrected chi connectivity index (χ2v) is 38.1. The van der Waals surface area contributed by atoms with Crippen molar-refractivity contribution in [2.75, 3.05) is 19.8 Å². The number of hydrogen-bond acceptors (Lipinski definition) is 11. The van der Waals surface area contributed by atoms with Crippen LogP contribution in [0.2, 0.25) is 30.1 Å². The van der Waals surface area contributed by atoms with Gasteiger partial charge in [0, 0.05) is 150 Å². The molecule has 6 aromatic carbocycles. The van der Waals surface area contributed by atoms with E-state index in [0.717, 1.165) is 302 Å². The number of fused-ring (bicyclic) bond motifs is 3. The molecule has 15 rings (SSSR count). The summed E-state index contributed by atoms with van der Waals surface area (Å²) in [4.78, 5) is 52.8. The minimum atomic E-state index is -0.312. The number of allylic oxidation sites excluding steroid dienone is 3. The minimum Gasteiger partial charge on any atom is -0.494 e. The first-order valence-electron chi connectivity index (χ1n) is 44.5. The summed E-state index contributed by atoms with van der Waals surface area (Å²) in [5, 5.41) is 28.3. The molecule has 125 heavy (non-hydrogen) atoms. The third kappa shape index (κ3) is 21.0. The van der Waals surface area contributed by atoms with E-state index in [1.165, 1.54) is 12.8 Å². The zero-order valence-electron chi connectivity index (χ0n) is 75.7. The van der Waals surface area contributed by atoms with E-state index in [2.05, 4.69) is 71.1 Å². The number of nitrogens with one attached hydrogen (secondary N) is 3. The predicted octanol–water partition coefficient (Wildman–Crippen LogP) is 24.4.